The minimum atomic E-state index is -0.168. The highest BCUT2D eigenvalue weighted by atomic mass is 35.5. The van der Waals surface area contributed by atoms with Crippen molar-refractivity contribution in [2.24, 2.45) is 5.90 Å². The molecule has 0 bridgehead atoms. The van der Waals surface area contributed by atoms with E-state index < -0.39 is 0 Å². The van der Waals surface area contributed by atoms with E-state index in [4.69, 9.17) is 17.5 Å². The van der Waals surface area contributed by atoms with Gasteiger partial charge in [-0.25, -0.2) is 5.90 Å². The molecule has 0 aliphatic rings. The zero-order valence-electron chi connectivity index (χ0n) is 7.50. The number of nitrogens with one attached hydrogen (secondary N) is 1. The van der Waals surface area contributed by atoms with Crippen LogP contribution in [0.3, 0.4) is 0 Å². The lowest BCUT2D eigenvalue weighted by Crippen LogP contribution is -2.27. The van der Waals surface area contributed by atoms with Gasteiger partial charge in [-0.15, -0.1) is 0 Å². The number of carbonyl (C=O) groups is 1. The second-order valence-electron chi connectivity index (χ2n) is 2.63. The Balaban J connectivity index is 2.48. The van der Waals surface area contributed by atoms with Gasteiger partial charge in [-0.1, -0.05) is 11.6 Å². The van der Waals surface area contributed by atoms with Crippen LogP contribution in [0.15, 0.2) is 24.3 Å². The lowest BCUT2D eigenvalue weighted by Gasteiger charge is -2.03. The van der Waals surface area contributed by atoms with E-state index in [0.717, 1.165) is 0 Å². The van der Waals surface area contributed by atoms with Gasteiger partial charge in [0.15, 0.2) is 0 Å². The molecule has 14 heavy (non-hydrogen) atoms. The number of rotatable bonds is 4. The number of hydrogen-bond donors (Lipinski definition) is 2. The Morgan fingerprint density at radius 2 is 2.07 bits per heavy atom. The van der Waals surface area contributed by atoms with Crippen LogP contribution in [0.4, 0.5) is 0 Å². The van der Waals surface area contributed by atoms with Gasteiger partial charge in [0, 0.05) is 17.1 Å². The molecule has 0 aliphatic heterocycles. The Morgan fingerprint density at radius 1 is 1.43 bits per heavy atom. The molecule has 1 aromatic rings. The number of halogens is 1. The second kappa shape index (κ2) is 5.59. The molecule has 0 spiro atoms. The minimum absolute atomic E-state index is 0.168. The Kier molecular flexibility index (Phi) is 4.39. The van der Waals surface area contributed by atoms with E-state index in [0.29, 0.717) is 23.7 Å². The van der Waals surface area contributed by atoms with Gasteiger partial charge in [-0.05, 0) is 24.3 Å². The summed E-state index contributed by atoms with van der Waals surface area (Å²) in [7, 11) is 0. The molecule has 0 unspecified atom stereocenters. The van der Waals surface area contributed by atoms with Gasteiger partial charge in [0.25, 0.3) is 5.91 Å². The number of nitrogens with two attached hydrogens (primary N) is 1. The first-order valence-corrected chi connectivity index (χ1v) is 4.47. The number of amides is 1. The fourth-order valence-electron chi connectivity index (χ4n) is 0.927. The molecule has 0 atom stereocenters. The predicted octanol–water partition coefficient (Wildman–Crippen LogP) is 0.960. The van der Waals surface area contributed by atoms with Gasteiger partial charge < -0.3 is 10.2 Å². The highest BCUT2D eigenvalue weighted by Gasteiger charge is 2.03. The second-order valence-corrected chi connectivity index (χ2v) is 3.07. The maximum absolute atomic E-state index is 11.4. The van der Waals surface area contributed by atoms with Crippen LogP contribution in [0.2, 0.25) is 5.02 Å². The average Bonchev–Trinajstić information content (AvgIpc) is 2.19. The highest BCUT2D eigenvalue weighted by molar-refractivity contribution is 6.30. The molecule has 0 aromatic heterocycles. The largest absolute Gasteiger partial charge is 0.350 e. The van der Waals surface area contributed by atoms with E-state index in [1.165, 1.54) is 0 Å². The normalized spacial score (nSPS) is 9.86. The quantitative estimate of drug-likeness (QED) is 0.580. The van der Waals surface area contributed by atoms with Crippen LogP contribution in [-0.4, -0.2) is 19.1 Å². The fraction of sp³-hybridized carbons (Fsp3) is 0.222. The van der Waals surface area contributed by atoms with E-state index >= 15 is 0 Å². The minimum Gasteiger partial charge on any atom is -0.350 e. The van der Waals surface area contributed by atoms with E-state index in [-0.39, 0.29) is 5.91 Å². The molecule has 0 radical (unpaired) electrons. The van der Waals surface area contributed by atoms with Crippen molar-refractivity contribution in [3.63, 3.8) is 0 Å². The molecule has 76 valence electrons. The lowest BCUT2D eigenvalue weighted by atomic mass is 10.2. The molecule has 0 heterocycles. The molecule has 0 saturated heterocycles. The summed E-state index contributed by atoms with van der Waals surface area (Å²) in [6, 6.07) is 6.63. The summed E-state index contributed by atoms with van der Waals surface area (Å²) in [5.41, 5.74) is 0.562. The number of carbonyl (C=O) groups excluding carboxylic acids is 1. The molecule has 3 N–H and O–H groups in total. The summed E-state index contributed by atoms with van der Waals surface area (Å²) in [6.45, 7) is 0.678. The molecule has 4 nitrogen and oxygen atoms in total. The maximum Gasteiger partial charge on any atom is 0.251 e. The fourth-order valence-corrected chi connectivity index (χ4v) is 1.05. The van der Waals surface area contributed by atoms with Crippen LogP contribution in [0.1, 0.15) is 10.4 Å². The Bertz CT molecular complexity index is 300. The monoisotopic (exact) mass is 214 g/mol. The van der Waals surface area contributed by atoms with Gasteiger partial charge in [0.05, 0.1) is 6.61 Å². The third-order valence-corrected chi connectivity index (χ3v) is 1.86. The SMILES string of the molecule is NOCCNC(=O)c1ccc(Cl)cc1. The van der Waals surface area contributed by atoms with Crippen molar-refractivity contribution in [2.75, 3.05) is 13.2 Å². The van der Waals surface area contributed by atoms with E-state index in [2.05, 4.69) is 10.2 Å². The first-order valence-electron chi connectivity index (χ1n) is 4.09. The number of hydrogen-bond acceptors (Lipinski definition) is 3. The van der Waals surface area contributed by atoms with E-state index in [1.807, 2.05) is 0 Å². The highest BCUT2D eigenvalue weighted by Crippen LogP contribution is 2.08. The first-order chi connectivity index (χ1) is 6.74. The van der Waals surface area contributed by atoms with Crippen molar-refractivity contribution in [1.29, 1.82) is 0 Å². The number of benzene rings is 1. The molecule has 0 aliphatic carbocycles. The third kappa shape index (κ3) is 3.33. The van der Waals surface area contributed by atoms with Crippen LogP contribution in [-0.2, 0) is 4.84 Å². The van der Waals surface area contributed by atoms with Crippen molar-refractivity contribution in [3.8, 4) is 0 Å². The topological polar surface area (TPSA) is 64.3 Å². The third-order valence-electron chi connectivity index (χ3n) is 1.61. The predicted molar refractivity (Wildman–Crippen MR) is 53.9 cm³/mol. The smallest absolute Gasteiger partial charge is 0.251 e. The standard InChI is InChI=1S/C9H11ClN2O2/c10-8-3-1-7(2-4-8)9(13)12-5-6-14-11/h1-4H,5-6,11H2,(H,12,13). The van der Waals surface area contributed by atoms with Gasteiger partial charge in [-0.3, -0.25) is 4.79 Å². The summed E-state index contributed by atoms with van der Waals surface area (Å²) in [5.74, 6) is 4.64. The summed E-state index contributed by atoms with van der Waals surface area (Å²) >= 11 is 5.67. The molecule has 5 heteroatoms. The Labute approximate surface area is 86.9 Å². The van der Waals surface area contributed by atoms with E-state index in [1.54, 1.807) is 24.3 Å². The zero-order chi connectivity index (χ0) is 10.4. The molecule has 1 amide bonds. The van der Waals surface area contributed by atoms with Gasteiger partial charge >= 0.3 is 0 Å². The van der Waals surface area contributed by atoms with Crippen LogP contribution < -0.4 is 11.2 Å². The summed E-state index contributed by atoms with van der Waals surface area (Å²) in [6.07, 6.45) is 0. The zero-order valence-corrected chi connectivity index (χ0v) is 8.25. The van der Waals surface area contributed by atoms with Crippen LogP contribution in [0.25, 0.3) is 0 Å². The molecule has 0 saturated carbocycles. The van der Waals surface area contributed by atoms with Crippen molar-refractivity contribution < 1.29 is 9.63 Å². The van der Waals surface area contributed by atoms with Crippen LogP contribution in [0.5, 0.6) is 0 Å². The van der Waals surface area contributed by atoms with Gasteiger partial charge in [-0.2, -0.15) is 0 Å². The van der Waals surface area contributed by atoms with Crippen LogP contribution >= 0.6 is 11.6 Å². The molecular weight excluding hydrogens is 204 g/mol. The van der Waals surface area contributed by atoms with Crippen molar-refractivity contribution >= 4 is 17.5 Å². The van der Waals surface area contributed by atoms with Crippen molar-refractivity contribution in [1.82, 2.24) is 5.32 Å². The lowest BCUT2D eigenvalue weighted by molar-refractivity contribution is 0.0917. The van der Waals surface area contributed by atoms with E-state index in [9.17, 15) is 4.79 Å². The average molecular weight is 215 g/mol. The van der Waals surface area contributed by atoms with Crippen molar-refractivity contribution in [2.45, 2.75) is 0 Å². The van der Waals surface area contributed by atoms with Gasteiger partial charge in [0.2, 0.25) is 0 Å². The molecule has 1 aromatic carbocycles. The Morgan fingerprint density at radius 3 is 2.64 bits per heavy atom. The van der Waals surface area contributed by atoms with Crippen LogP contribution in [0, 0.1) is 0 Å². The summed E-state index contributed by atoms with van der Waals surface area (Å²) in [4.78, 5) is 15.7. The molecule has 1 rings (SSSR count). The maximum atomic E-state index is 11.4. The Hall–Kier alpha value is -1.10. The van der Waals surface area contributed by atoms with Crippen molar-refractivity contribution in [3.05, 3.63) is 34.9 Å². The van der Waals surface area contributed by atoms with Gasteiger partial charge in [0.1, 0.15) is 0 Å². The summed E-state index contributed by atoms with van der Waals surface area (Å²) in [5, 5.41) is 3.24. The summed E-state index contributed by atoms with van der Waals surface area (Å²) < 4.78 is 0. The molecule has 0 fully saturated rings. The first kappa shape index (κ1) is 11.0. The molecular formula is C9H11ClN2O2.